The van der Waals surface area contributed by atoms with E-state index in [4.69, 9.17) is 11.6 Å². The Hall–Kier alpha value is -3.26. The molecule has 1 amide bonds. The van der Waals surface area contributed by atoms with E-state index in [1.165, 1.54) is 6.20 Å². The number of anilines is 4. The van der Waals surface area contributed by atoms with E-state index < -0.39 is 5.92 Å². The SMILES string of the molecule is CNC(=O)c1ccccc1Nc1nc(Nc2ccc3c(c2)CCC(F)(F)CC3)ncc1Cl. The lowest BCUT2D eigenvalue weighted by Crippen LogP contribution is -2.19. The number of rotatable bonds is 5. The van der Waals surface area contributed by atoms with Crippen molar-refractivity contribution in [3.63, 3.8) is 0 Å². The molecule has 1 aliphatic rings. The Balaban J connectivity index is 1.56. The number of halogens is 3. The Morgan fingerprint density at radius 2 is 1.81 bits per heavy atom. The molecule has 0 atom stereocenters. The molecule has 0 bridgehead atoms. The van der Waals surface area contributed by atoms with Crippen LogP contribution in [0.5, 0.6) is 0 Å². The van der Waals surface area contributed by atoms with E-state index in [1.807, 2.05) is 18.2 Å². The summed E-state index contributed by atoms with van der Waals surface area (Å²) in [6.45, 7) is 0. The van der Waals surface area contributed by atoms with Gasteiger partial charge in [0.2, 0.25) is 11.9 Å². The molecule has 6 nitrogen and oxygen atoms in total. The molecule has 32 heavy (non-hydrogen) atoms. The van der Waals surface area contributed by atoms with Gasteiger partial charge in [-0.3, -0.25) is 4.79 Å². The van der Waals surface area contributed by atoms with Gasteiger partial charge >= 0.3 is 0 Å². The molecule has 0 spiro atoms. The smallest absolute Gasteiger partial charge is 0.253 e. The van der Waals surface area contributed by atoms with Crippen molar-refractivity contribution in [1.82, 2.24) is 15.3 Å². The van der Waals surface area contributed by atoms with Crippen LogP contribution in [-0.2, 0) is 12.8 Å². The third-order valence-electron chi connectivity index (χ3n) is 5.38. The maximum absolute atomic E-state index is 13.8. The Kier molecular flexibility index (Phi) is 6.23. The maximum Gasteiger partial charge on any atom is 0.253 e. The Bertz CT molecular complexity index is 1150. The summed E-state index contributed by atoms with van der Waals surface area (Å²) in [5.41, 5.74) is 3.54. The molecule has 2 aromatic carbocycles. The lowest BCUT2D eigenvalue weighted by Gasteiger charge is -2.13. The number of amides is 1. The fourth-order valence-electron chi connectivity index (χ4n) is 3.64. The number of hydrogen-bond donors (Lipinski definition) is 3. The first-order valence-corrected chi connectivity index (χ1v) is 10.6. The van der Waals surface area contributed by atoms with Gasteiger partial charge in [-0.05, 0) is 48.2 Å². The second-order valence-corrected chi connectivity index (χ2v) is 8.01. The predicted octanol–water partition coefficient (Wildman–Crippen LogP) is 5.49. The molecule has 166 valence electrons. The topological polar surface area (TPSA) is 78.9 Å². The zero-order valence-corrected chi connectivity index (χ0v) is 18.1. The van der Waals surface area contributed by atoms with Gasteiger partial charge in [0, 0.05) is 25.6 Å². The number of aryl methyl sites for hydroxylation is 2. The number of aromatic nitrogens is 2. The van der Waals surface area contributed by atoms with Crippen molar-refractivity contribution >= 4 is 40.6 Å². The molecule has 0 unspecified atom stereocenters. The lowest BCUT2D eigenvalue weighted by molar-refractivity contribution is -0.0130. The van der Waals surface area contributed by atoms with Gasteiger partial charge in [0.25, 0.3) is 5.91 Å². The van der Waals surface area contributed by atoms with Crippen LogP contribution in [0.4, 0.5) is 31.9 Å². The molecule has 0 saturated carbocycles. The number of fused-ring (bicyclic) bond motifs is 1. The zero-order valence-electron chi connectivity index (χ0n) is 17.4. The number of nitrogens with one attached hydrogen (secondary N) is 3. The molecule has 0 aliphatic heterocycles. The normalized spacial score (nSPS) is 14.8. The van der Waals surface area contributed by atoms with Crippen LogP contribution in [0.3, 0.4) is 0 Å². The molecule has 0 radical (unpaired) electrons. The fourth-order valence-corrected chi connectivity index (χ4v) is 3.78. The molecule has 1 aliphatic carbocycles. The van der Waals surface area contributed by atoms with E-state index in [0.29, 0.717) is 35.6 Å². The summed E-state index contributed by atoms with van der Waals surface area (Å²) in [5.74, 6) is -2.26. The largest absolute Gasteiger partial charge is 0.355 e. The summed E-state index contributed by atoms with van der Waals surface area (Å²) in [7, 11) is 1.56. The summed E-state index contributed by atoms with van der Waals surface area (Å²) in [4.78, 5) is 20.8. The number of nitrogens with zero attached hydrogens (tertiary/aromatic N) is 2. The minimum Gasteiger partial charge on any atom is -0.355 e. The quantitative estimate of drug-likeness (QED) is 0.441. The van der Waals surface area contributed by atoms with Crippen molar-refractivity contribution in [2.24, 2.45) is 0 Å². The highest BCUT2D eigenvalue weighted by molar-refractivity contribution is 6.33. The summed E-state index contributed by atoms with van der Waals surface area (Å²) < 4.78 is 27.5. The molecular formula is C23H22ClF2N5O. The summed E-state index contributed by atoms with van der Waals surface area (Å²) in [6.07, 6.45) is 1.85. The first-order valence-electron chi connectivity index (χ1n) is 10.2. The molecule has 1 aromatic heterocycles. The highest BCUT2D eigenvalue weighted by Crippen LogP contribution is 2.33. The molecule has 0 fully saturated rings. The fraction of sp³-hybridized carbons (Fsp3) is 0.261. The molecule has 3 N–H and O–H groups in total. The minimum atomic E-state index is -2.63. The number of carbonyl (C=O) groups excluding carboxylic acids is 1. The van der Waals surface area contributed by atoms with Crippen LogP contribution in [0.2, 0.25) is 5.02 Å². The van der Waals surface area contributed by atoms with Gasteiger partial charge in [-0.15, -0.1) is 0 Å². The third kappa shape index (κ3) is 4.96. The predicted molar refractivity (Wildman–Crippen MR) is 121 cm³/mol. The van der Waals surface area contributed by atoms with E-state index >= 15 is 0 Å². The average molecular weight is 458 g/mol. The van der Waals surface area contributed by atoms with E-state index in [9.17, 15) is 13.6 Å². The second-order valence-electron chi connectivity index (χ2n) is 7.60. The highest BCUT2D eigenvalue weighted by atomic mass is 35.5. The van der Waals surface area contributed by atoms with Crippen molar-refractivity contribution < 1.29 is 13.6 Å². The summed E-state index contributed by atoms with van der Waals surface area (Å²) in [6, 6.07) is 12.6. The van der Waals surface area contributed by atoms with Crippen molar-refractivity contribution in [2.75, 3.05) is 17.7 Å². The van der Waals surface area contributed by atoms with Gasteiger partial charge in [0.1, 0.15) is 5.02 Å². The molecule has 4 rings (SSSR count). The van der Waals surface area contributed by atoms with Crippen LogP contribution < -0.4 is 16.0 Å². The van der Waals surface area contributed by atoms with Crippen LogP contribution in [0, 0.1) is 0 Å². The van der Waals surface area contributed by atoms with Crippen molar-refractivity contribution in [3.8, 4) is 0 Å². The van der Waals surface area contributed by atoms with Gasteiger partial charge < -0.3 is 16.0 Å². The van der Waals surface area contributed by atoms with Crippen molar-refractivity contribution in [2.45, 2.75) is 31.6 Å². The number of benzene rings is 2. The van der Waals surface area contributed by atoms with Gasteiger partial charge in [0.15, 0.2) is 5.82 Å². The molecule has 9 heteroatoms. The van der Waals surface area contributed by atoms with E-state index in [0.717, 1.165) is 11.1 Å². The number of alkyl halides is 2. The van der Waals surface area contributed by atoms with Crippen LogP contribution in [0.15, 0.2) is 48.7 Å². The summed E-state index contributed by atoms with van der Waals surface area (Å²) >= 11 is 6.27. The van der Waals surface area contributed by atoms with E-state index in [1.54, 1.807) is 31.3 Å². The maximum atomic E-state index is 13.8. The highest BCUT2D eigenvalue weighted by Gasteiger charge is 2.31. The van der Waals surface area contributed by atoms with Gasteiger partial charge in [-0.25, -0.2) is 13.8 Å². The molecule has 3 aromatic rings. The average Bonchev–Trinajstić information content (AvgIpc) is 2.94. The van der Waals surface area contributed by atoms with Crippen molar-refractivity contribution in [3.05, 3.63) is 70.4 Å². The standard InChI is InChI=1S/C23H22ClF2N5O/c1-27-21(32)17-4-2-3-5-19(17)30-20-18(24)13-28-22(31-20)29-16-7-6-14-8-10-23(25,26)11-9-15(14)12-16/h2-7,12-13H,8-11H2,1H3,(H,27,32)(H2,28,29,30,31). The zero-order chi connectivity index (χ0) is 22.7. The number of para-hydroxylation sites is 1. The minimum absolute atomic E-state index is 0.125. The van der Waals surface area contributed by atoms with Gasteiger partial charge in [-0.1, -0.05) is 29.8 Å². The first-order chi connectivity index (χ1) is 15.3. The molecular weight excluding hydrogens is 436 g/mol. The summed E-state index contributed by atoms with van der Waals surface area (Å²) in [5, 5.41) is 9.07. The van der Waals surface area contributed by atoms with Crippen LogP contribution in [0.25, 0.3) is 0 Å². The Morgan fingerprint density at radius 3 is 2.59 bits per heavy atom. The molecule has 0 saturated heterocycles. The third-order valence-corrected chi connectivity index (χ3v) is 5.66. The Morgan fingerprint density at radius 1 is 1.06 bits per heavy atom. The molecule has 1 heterocycles. The lowest BCUT2D eigenvalue weighted by atomic mass is 10.0. The van der Waals surface area contributed by atoms with Crippen LogP contribution >= 0.6 is 11.6 Å². The number of hydrogen-bond acceptors (Lipinski definition) is 5. The Labute approximate surface area is 189 Å². The van der Waals surface area contributed by atoms with Crippen LogP contribution in [-0.4, -0.2) is 28.8 Å². The van der Waals surface area contributed by atoms with Crippen LogP contribution in [0.1, 0.15) is 34.3 Å². The van der Waals surface area contributed by atoms with Gasteiger partial charge in [-0.2, -0.15) is 4.98 Å². The number of carbonyl (C=O) groups is 1. The monoisotopic (exact) mass is 457 g/mol. The van der Waals surface area contributed by atoms with E-state index in [-0.39, 0.29) is 29.7 Å². The first kappa shape index (κ1) is 22.0. The second kappa shape index (κ2) is 9.08. The van der Waals surface area contributed by atoms with E-state index in [2.05, 4.69) is 25.9 Å². The van der Waals surface area contributed by atoms with Gasteiger partial charge in [0.05, 0.1) is 17.4 Å². The van der Waals surface area contributed by atoms with Crippen molar-refractivity contribution in [1.29, 1.82) is 0 Å².